The zero-order valence-electron chi connectivity index (χ0n) is 35.8. The van der Waals surface area contributed by atoms with Crippen molar-refractivity contribution < 1.29 is 0 Å². The lowest BCUT2D eigenvalue weighted by Gasteiger charge is -2.27. The van der Waals surface area contributed by atoms with Crippen LogP contribution in [0.5, 0.6) is 0 Å². The number of fused-ring (bicyclic) bond motifs is 9. The summed E-state index contributed by atoms with van der Waals surface area (Å²) < 4.78 is 2.46. The average molecular weight is 797 g/mol. The van der Waals surface area contributed by atoms with Crippen molar-refractivity contribution in [3.63, 3.8) is 0 Å². The Bertz CT molecular complexity index is 3300. The second-order valence-corrected chi connectivity index (χ2v) is 18.5. The number of anilines is 3. The standard InChI is InChI=1S/C60H48N2/c1-59(2)53-21-13-11-19-47(53)49-36-46(32-33-55(49)59)61(44-28-23-40(24-29-44)39-15-7-5-8-16-39)45-30-25-41(26-31-45)42-27-34-57-51(35-42)52-37-50-48-20-12-14-22-54(48)60(3,4)56(50)38-58(52)62(57)43-17-9-6-10-18-43/h5-10,12,14-38H,11,13H2,1-4H3. The summed E-state index contributed by atoms with van der Waals surface area (Å²) in [6.07, 6.45) is 7.14. The fourth-order valence-corrected chi connectivity index (χ4v) is 11.0. The molecule has 0 atom stereocenters. The molecule has 0 aliphatic heterocycles. The number of allylic oxidation sites excluding steroid dienone is 4. The number of hydrogen-bond donors (Lipinski definition) is 0. The first kappa shape index (κ1) is 36.7. The molecular formula is C60H48N2. The van der Waals surface area contributed by atoms with Gasteiger partial charge in [-0.1, -0.05) is 149 Å². The van der Waals surface area contributed by atoms with Crippen LogP contribution < -0.4 is 4.90 Å². The Morgan fingerprint density at radius 1 is 0.403 bits per heavy atom. The third-order valence-electron chi connectivity index (χ3n) is 14.2. The molecule has 12 rings (SSSR count). The zero-order chi connectivity index (χ0) is 41.7. The lowest BCUT2D eigenvalue weighted by molar-refractivity contribution is 0.654. The van der Waals surface area contributed by atoms with Gasteiger partial charge in [-0.2, -0.15) is 0 Å². The van der Waals surface area contributed by atoms with Gasteiger partial charge in [0.15, 0.2) is 0 Å². The Morgan fingerprint density at radius 2 is 0.984 bits per heavy atom. The fraction of sp³-hybridized carbons (Fsp3) is 0.133. The van der Waals surface area contributed by atoms with E-state index in [4.69, 9.17) is 0 Å². The lowest BCUT2D eigenvalue weighted by atomic mass is 9.80. The quantitative estimate of drug-likeness (QED) is 0.163. The minimum atomic E-state index is -0.0770. The molecule has 0 radical (unpaired) electrons. The summed E-state index contributed by atoms with van der Waals surface area (Å²) >= 11 is 0. The highest BCUT2D eigenvalue weighted by atomic mass is 15.1. The van der Waals surface area contributed by atoms with Crippen molar-refractivity contribution in [2.75, 3.05) is 4.90 Å². The van der Waals surface area contributed by atoms with E-state index in [0.29, 0.717) is 0 Å². The van der Waals surface area contributed by atoms with Crippen LogP contribution in [0, 0.1) is 0 Å². The normalized spacial score (nSPS) is 15.4. The molecule has 1 heterocycles. The van der Waals surface area contributed by atoms with Crippen LogP contribution in [0.3, 0.4) is 0 Å². The topological polar surface area (TPSA) is 8.17 Å². The molecule has 62 heavy (non-hydrogen) atoms. The van der Waals surface area contributed by atoms with Crippen molar-refractivity contribution in [3.05, 3.63) is 222 Å². The van der Waals surface area contributed by atoms with Crippen molar-refractivity contribution in [3.8, 4) is 39.1 Å². The Morgan fingerprint density at radius 3 is 1.73 bits per heavy atom. The van der Waals surface area contributed by atoms with E-state index in [1.807, 2.05) is 0 Å². The summed E-state index contributed by atoms with van der Waals surface area (Å²) in [7, 11) is 0. The molecule has 0 saturated carbocycles. The second-order valence-electron chi connectivity index (χ2n) is 18.5. The molecule has 8 aromatic carbocycles. The second kappa shape index (κ2) is 13.7. The van der Waals surface area contributed by atoms with Gasteiger partial charge >= 0.3 is 0 Å². The molecule has 298 valence electrons. The van der Waals surface area contributed by atoms with E-state index in [2.05, 4.69) is 231 Å². The summed E-state index contributed by atoms with van der Waals surface area (Å²) in [6, 6.07) is 67.8. The Labute approximate surface area is 364 Å². The van der Waals surface area contributed by atoms with E-state index in [0.717, 1.165) is 24.2 Å². The van der Waals surface area contributed by atoms with Crippen molar-refractivity contribution >= 4 is 44.4 Å². The monoisotopic (exact) mass is 796 g/mol. The van der Waals surface area contributed by atoms with Crippen LogP contribution in [0.1, 0.15) is 62.8 Å². The van der Waals surface area contributed by atoms with Gasteiger partial charge in [0.2, 0.25) is 0 Å². The van der Waals surface area contributed by atoms with Crippen molar-refractivity contribution in [1.29, 1.82) is 0 Å². The Balaban J connectivity index is 0.982. The van der Waals surface area contributed by atoms with E-state index < -0.39 is 0 Å². The van der Waals surface area contributed by atoms with Gasteiger partial charge in [0.1, 0.15) is 0 Å². The van der Waals surface area contributed by atoms with Gasteiger partial charge in [-0.25, -0.2) is 0 Å². The first-order valence-electron chi connectivity index (χ1n) is 22.2. The molecule has 3 aliphatic rings. The molecular weight excluding hydrogens is 749 g/mol. The van der Waals surface area contributed by atoms with Gasteiger partial charge in [0.25, 0.3) is 0 Å². The maximum Gasteiger partial charge on any atom is 0.0544 e. The van der Waals surface area contributed by atoms with Crippen LogP contribution in [0.25, 0.3) is 66.4 Å². The van der Waals surface area contributed by atoms with Crippen LogP contribution in [-0.4, -0.2) is 4.57 Å². The van der Waals surface area contributed by atoms with Gasteiger partial charge in [0.05, 0.1) is 11.0 Å². The molecule has 3 aliphatic carbocycles. The fourth-order valence-electron chi connectivity index (χ4n) is 11.0. The number of rotatable bonds is 6. The van der Waals surface area contributed by atoms with Crippen molar-refractivity contribution in [1.82, 2.24) is 4.57 Å². The smallest absolute Gasteiger partial charge is 0.0544 e. The lowest BCUT2D eigenvalue weighted by Crippen LogP contribution is -2.16. The molecule has 0 unspecified atom stereocenters. The largest absolute Gasteiger partial charge is 0.310 e. The van der Waals surface area contributed by atoms with E-state index in [9.17, 15) is 0 Å². The van der Waals surface area contributed by atoms with E-state index >= 15 is 0 Å². The van der Waals surface area contributed by atoms with Crippen LogP contribution >= 0.6 is 0 Å². The number of hydrogen-bond acceptors (Lipinski definition) is 1. The molecule has 0 N–H and O–H groups in total. The molecule has 0 saturated heterocycles. The van der Waals surface area contributed by atoms with Crippen LogP contribution in [0.4, 0.5) is 17.1 Å². The first-order chi connectivity index (χ1) is 30.3. The maximum atomic E-state index is 2.47. The molecule has 0 spiro atoms. The summed E-state index contributed by atoms with van der Waals surface area (Å²) in [5, 5.41) is 2.55. The highest BCUT2D eigenvalue weighted by Crippen LogP contribution is 2.54. The third kappa shape index (κ3) is 5.49. The van der Waals surface area contributed by atoms with Gasteiger partial charge in [-0.3, -0.25) is 0 Å². The minimum Gasteiger partial charge on any atom is -0.310 e. The van der Waals surface area contributed by atoms with E-state index in [1.54, 1.807) is 0 Å². The number of benzene rings is 8. The summed E-state index contributed by atoms with van der Waals surface area (Å²) in [5.41, 5.74) is 23.0. The Kier molecular flexibility index (Phi) is 8.09. The predicted molar refractivity (Wildman–Crippen MR) is 262 cm³/mol. The van der Waals surface area contributed by atoms with Gasteiger partial charge < -0.3 is 9.47 Å². The molecule has 9 aromatic rings. The minimum absolute atomic E-state index is 0.000443. The number of nitrogens with zero attached hydrogens (tertiary/aromatic N) is 2. The molecule has 1 aromatic heterocycles. The number of aromatic nitrogens is 1. The summed E-state index contributed by atoms with van der Waals surface area (Å²) in [6.45, 7) is 9.50. The van der Waals surface area contributed by atoms with Crippen LogP contribution in [0.15, 0.2) is 200 Å². The Hall–Kier alpha value is -7.16. The molecule has 2 nitrogen and oxygen atoms in total. The summed E-state index contributed by atoms with van der Waals surface area (Å²) in [4.78, 5) is 2.42. The molecule has 0 fully saturated rings. The first-order valence-corrected chi connectivity index (χ1v) is 22.2. The number of para-hydroxylation sites is 1. The van der Waals surface area contributed by atoms with E-state index in [-0.39, 0.29) is 10.8 Å². The third-order valence-corrected chi connectivity index (χ3v) is 14.2. The summed E-state index contributed by atoms with van der Waals surface area (Å²) in [5.74, 6) is 0. The predicted octanol–water partition coefficient (Wildman–Crippen LogP) is 16.3. The zero-order valence-corrected chi connectivity index (χ0v) is 35.8. The van der Waals surface area contributed by atoms with Crippen LogP contribution in [-0.2, 0) is 10.8 Å². The molecule has 0 amide bonds. The van der Waals surface area contributed by atoms with Crippen molar-refractivity contribution in [2.24, 2.45) is 0 Å². The highest BCUT2D eigenvalue weighted by molar-refractivity contribution is 6.12. The van der Waals surface area contributed by atoms with Gasteiger partial charge in [-0.15, -0.1) is 0 Å². The van der Waals surface area contributed by atoms with E-state index in [1.165, 1.54) is 100.0 Å². The van der Waals surface area contributed by atoms with Crippen molar-refractivity contribution in [2.45, 2.75) is 51.4 Å². The molecule has 2 heteroatoms. The van der Waals surface area contributed by atoms with Crippen LogP contribution in [0.2, 0.25) is 0 Å². The molecule has 0 bridgehead atoms. The average Bonchev–Trinajstić information content (AvgIpc) is 3.85. The highest BCUT2D eigenvalue weighted by Gasteiger charge is 2.39. The SMILES string of the molecule is CC1(C)C2=CCCC=C2c2cc(N(c3ccc(-c4ccccc4)cc3)c3ccc(-c4ccc5c(c4)c4cc6c(cc4n5-c4ccccc4)C(C)(C)c4ccccc4-6)cc3)ccc21. The maximum absolute atomic E-state index is 2.47. The van der Waals surface area contributed by atoms with Gasteiger partial charge in [0, 0.05) is 44.4 Å². The van der Waals surface area contributed by atoms with Gasteiger partial charge in [-0.05, 0) is 152 Å².